The summed E-state index contributed by atoms with van der Waals surface area (Å²) in [6.07, 6.45) is 1.25. The van der Waals surface area contributed by atoms with Crippen molar-refractivity contribution in [1.82, 2.24) is 4.90 Å². The highest BCUT2D eigenvalue weighted by Crippen LogP contribution is 2.36. The number of nitrogens with zero attached hydrogens (tertiary/aromatic N) is 1. The fourth-order valence-corrected chi connectivity index (χ4v) is 4.03. The molecule has 1 fully saturated rings. The van der Waals surface area contributed by atoms with Crippen LogP contribution in [0.5, 0.6) is 0 Å². The molecule has 2 heterocycles. The molecule has 7 heteroatoms. The van der Waals surface area contributed by atoms with E-state index in [1.807, 2.05) is 13.0 Å². The summed E-state index contributed by atoms with van der Waals surface area (Å²) in [5, 5.41) is 2.72. The minimum Gasteiger partial charge on any atom is -0.466 e. The molecule has 1 atom stereocenters. The summed E-state index contributed by atoms with van der Waals surface area (Å²) in [7, 11) is 0. The fraction of sp³-hybridized carbons (Fsp3) is 0.500. The molecule has 1 unspecified atom stereocenters. The quantitative estimate of drug-likeness (QED) is 0.836. The van der Waals surface area contributed by atoms with Gasteiger partial charge in [-0.15, -0.1) is 11.8 Å². The van der Waals surface area contributed by atoms with Gasteiger partial charge in [-0.25, -0.2) is 0 Å². The number of hydrogen-bond acceptors (Lipinski definition) is 5. The fourth-order valence-electron chi connectivity index (χ4n) is 3.10. The number of thioether (sulfide) groups is 1. The number of likely N-dealkylation sites (tertiary alicyclic amines) is 1. The normalized spacial score (nSPS) is 20.6. The summed E-state index contributed by atoms with van der Waals surface area (Å²) in [6, 6.07) is 5.43. The van der Waals surface area contributed by atoms with Crippen LogP contribution in [0.15, 0.2) is 23.1 Å². The second-order valence-electron chi connectivity index (χ2n) is 6.28. The van der Waals surface area contributed by atoms with Crippen LogP contribution in [0, 0.1) is 5.92 Å². The maximum Gasteiger partial charge on any atom is 0.309 e. The Morgan fingerprint density at radius 1 is 1.32 bits per heavy atom. The molecular weight excluding hydrogens is 340 g/mol. The third kappa shape index (κ3) is 3.81. The summed E-state index contributed by atoms with van der Waals surface area (Å²) in [4.78, 5) is 39.1. The van der Waals surface area contributed by atoms with Crippen molar-refractivity contribution in [1.29, 1.82) is 0 Å². The van der Waals surface area contributed by atoms with Crippen LogP contribution in [0.25, 0.3) is 0 Å². The molecular formula is C18H22N2O4S. The van der Waals surface area contributed by atoms with E-state index in [9.17, 15) is 14.4 Å². The number of amides is 2. The minimum atomic E-state index is -0.169. The van der Waals surface area contributed by atoms with Crippen molar-refractivity contribution in [2.45, 2.75) is 36.8 Å². The molecule has 1 aromatic rings. The van der Waals surface area contributed by atoms with Crippen LogP contribution < -0.4 is 5.32 Å². The lowest BCUT2D eigenvalue weighted by atomic mass is 9.96. The van der Waals surface area contributed by atoms with Crippen LogP contribution in [0.3, 0.4) is 0 Å². The zero-order chi connectivity index (χ0) is 18.0. The number of rotatable bonds is 3. The first-order valence-electron chi connectivity index (χ1n) is 8.57. The summed E-state index contributed by atoms with van der Waals surface area (Å²) < 4.78 is 5.06. The largest absolute Gasteiger partial charge is 0.466 e. The third-order valence-electron chi connectivity index (χ3n) is 4.56. The third-order valence-corrected chi connectivity index (χ3v) is 5.74. The van der Waals surface area contributed by atoms with E-state index >= 15 is 0 Å². The van der Waals surface area contributed by atoms with Crippen molar-refractivity contribution in [2.24, 2.45) is 5.92 Å². The number of piperidine rings is 1. The van der Waals surface area contributed by atoms with Crippen molar-refractivity contribution in [3.05, 3.63) is 23.8 Å². The van der Waals surface area contributed by atoms with Gasteiger partial charge in [-0.1, -0.05) is 0 Å². The van der Waals surface area contributed by atoms with Crippen molar-refractivity contribution >= 4 is 35.2 Å². The van der Waals surface area contributed by atoms with Crippen LogP contribution in [0.4, 0.5) is 5.69 Å². The van der Waals surface area contributed by atoms with Gasteiger partial charge in [0, 0.05) is 23.5 Å². The lowest BCUT2D eigenvalue weighted by molar-refractivity contribution is -0.149. The standard InChI is InChI=1S/C18H22N2O4S/c1-3-24-18(23)12-6-8-20(9-7-12)17(22)13-4-5-15-14(10-13)19-16(21)11(2)25-15/h4-5,10-12H,3,6-9H2,1-2H3,(H,19,21). The van der Waals surface area contributed by atoms with Crippen LogP contribution in [-0.2, 0) is 14.3 Å². The molecule has 2 amide bonds. The monoisotopic (exact) mass is 362 g/mol. The molecule has 0 spiro atoms. The first kappa shape index (κ1) is 17.8. The zero-order valence-corrected chi connectivity index (χ0v) is 15.2. The molecule has 25 heavy (non-hydrogen) atoms. The molecule has 2 aliphatic heterocycles. The molecule has 3 rings (SSSR count). The average molecular weight is 362 g/mol. The summed E-state index contributed by atoms with van der Waals surface area (Å²) in [5.74, 6) is -0.401. The number of nitrogens with one attached hydrogen (secondary N) is 1. The molecule has 1 aromatic carbocycles. The average Bonchev–Trinajstić information content (AvgIpc) is 2.62. The Bertz CT molecular complexity index is 698. The lowest BCUT2D eigenvalue weighted by Crippen LogP contribution is -2.40. The van der Waals surface area contributed by atoms with Gasteiger partial charge in [0.2, 0.25) is 5.91 Å². The van der Waals surface area contributed by atoms with Gasteiger partial charge in [0.1, 0.15) is 0 Å². The Morgan fingerprint density at radius 2 is 2.04 bits per heavy atom. The van der Waals surface area contributed by atoms with Crippen LogP contribution in [-0.4, -0.2) is 47.6 Å². The van der Waals surface area contributed by atoms with E-state index in [-0.39, 0.29) is 29.0 Å². The van der Waals surface area contributed by atoms with Gasteiger partial charge in [0.15, 0.2) is 0 Å². The molecule has 0 aliphatic carbocycles. The maximum atomic E-state index is 12.7. The van der Waals surface area contributed by atoms with Crippen LogP contribution in [0.1, 0.15) is 37.0 Å². The second kappa shape index (κ2) is 7.47. The molecule has 2 aliphatic rings. The molecule has 1 N–H and O–H groups in total. The number of benzene rings is 1. The van der Waals surface area contributed by atoms with E-state index in [4.69, 9.17) is 4.74 Å². The summed E-state index contributed by atoms with van der Waals surface area (Å²) in [6.45, 7) is 5.12. The van der Waals surface area contributed by atoms with Gasteiger partial charge < -0.3 is 15.0 Å². The maximum absolute atomic E-state index is 12.7. The van der Waals surface area contributed by atoms with E-state index in [2.05, 4.69) is 5.32 Å². The smallest absolute Gasteiger partial charge is 0.309 e. The van der Waals surface area contributed by atoms with Gasteiger partial charge in [-0.2, -0.15) is 0 Å². The summed E-state index contributed by atoms with van der Waals surface area (Å²) in [5.41, 5.74) is 1.25. The number of ether oxygens (including phenoxy) is 1. The Labute approximate surface area is 151 Å². The minimum absolute atomic E-state index is 0.0441. The number of carbonyl (C=O) groups is 3. The predicted molar refractivity (Wildman–Crippen MR) is 95.7 cm³/mol. The highest BCUT2D eigenvalue weighted by molar-refractivity contribution is 8.00. The number of esters is 1. The SMILES string of the molecule is CCOC(=O)C1CCN(C(=O)c2ccc3c(c2)NC(=O)C(C)S3)CC1. The van der Waals surface area contributed by atoms with Crippen LogP contribution >= 0.6 is 11.8 Å². The number of fused-ring (bicyclic) bond motifs is 1. The van der Waals surface area contributed by atoms with Gasteiger partial charge >= 0.3 is 5.97 Å². The van der Waals surface area contributed by atoms with Crippen molar-refractivity contribution in [3.63, 3.8) is 0 Å². The zero-order valence-electron chi connectivity index (χ0n) is 14.4. The predicted octanol–water partition coefficient (Wildman–Crippen LogP) is 2.53. The summed E-state index contributed by atoms with van der Waals surface area (Å²) >= 11 is 1.50. The van der Waals surface area contributed by atoms with E-state index in [1.165, 1.54) is 11.8 Å². The van der Waals surface area contributed by atoms with Gasteiger partial charge in [-0.05, 0) is 44.9 Å². The first-order valence-corrected chi connectivity index (χ1v) is 9.45. The second-order valence-corrected chi connectivity index (χ2v) is 7.66. The molecule has 0 aromatic heterocycles. The molecule has 0 bridgehead atoms. The Balaban J connectivity index is 1.66. The van der Waals surface area contributed by atoms with Crippen molar-refractivity contribution in [3.8, 4) is 0 Å². The Hall–Kier alpha value is -2.02. The number of anilines is 1. The number of hydrogen-bond donors (Lipinski definition) is 1. The van der Waals surface area contributed by atoms with Gasteiger partial charge in [0.25, 0.3) is 5.91 Å². The highest BCUT2D eigenvalue weighted by Gasteiger charge is 2.29. The highest BCUT2D eigenvalue weighted by atomic mass is 32.2. The first-order chi connectivity index (χ1) is 12.0. The van der Waals surface area contributed by atoms with Crippen LogP contribution in [0.2, 0.25) is 0 Å². The van der Waals surface area contributed by atoms with E-state index in [0.29, 0.717) is 43.8 Å². The molecule has 0 saturated carbocycles. The Morgan fingerprint density at radius 3 is 2.72 bits per heavy atom. The van der Waals surface area contributed by atoms with Crippen molar-refractivity contribution < 1.29 is 19.1 Å². The molecule has 134 valence electrons. The van der Waals surface area contributed by atoms with Crippen molar-refractivity contribution in [2.75, 3.05) is 25.0 Å². The molecule has 0 radical (unpaired) electrons. The van der Waals surface area contributed by atoms with E-state index in [1.54, 1.807) is 24.0 Å². The van der Waals surface area contributed by atoms with E-state index < -0.39 is 0 Å². The topological polar surface area (TPSA) is 75.7 Å². The van der Waals surface area contributed by atoms with Gasteiger partial charge in [-0.3, -0.25) is 14.4 Å². The molecule has 1 saturated heterocycles. The lowest BCUT2D eigenvalue weighted by Gasteiger charge is -2.31. The Kier molecular flexibility index (Phi) is 5.32. The molecule has 6 nitrogen and oxygen atoms in total. The number of carbonyl (C=O) groups excluding carboxylic acids is 3. The van der Waals surface area contributed by atoms with E-state index in [0.717, 1.165) is 4.90 Å². The van der Waals surface area contributed by atoms with Gasteiger partial charge in [0.05, 0.1) is 23.5 Å².